The summed E-state index contributed by atoms with van der Waals surface area (Å²) in [7, 11) is -2.58. The fourth-order valence-corrected chi connectivity index (χ4v) is 7.21. The summed E-state index contributed by atoms with van der Waals surface area (Å²) in [4.78, 5) is 22.3. The number of anilines is 1. The SMILES string of the molecule is CC(C)(C)OC(=O)N1CCCC(c2cc(N(COCC[Si](C)(C)C)COCC[Si](C)(C)C)n3ncc(-c4ccc(S(=O)[O-])cc4)c3n2)C1. The van der Waals surface area contributed by atoms with Crippen molar-refractivity contribution in [3.05, 3.63) is 42.2 Å². The van der Waals surface area contributed by atoms with Gasteiger partial charge < -0.3 is 28.6 Å². The number of nitrogens with zero attached hydrogens (tertiary/aromatic N) is 5. The van der Waals surface area contributed by atoms with Crippen LogP contribution in [0.3, 0.4) is 0 Å². The number of ether oxygens (including phenoxy) is 3. The largest absolute Gasteiger partial charge is 0.768 e. The van der Waals surface area contributed by atoms with E-state index in [0.29, 0.717) is 45.4 Å². The molecule has 0 aliphatic carbocycles. The molecule has 2 aromatic heterocycles. The maximum Gasteiger partial charge on any atom is 0.410 e. The first-order chi connectivity index (χ1) is 22.4. The van der Waals surface area contributed by atoms with Crippen LogP contribution in [0.1, 0.15) is 45.2 Å². The van der Waals surface area contributed by atoms with Crippen LogP contribution in [-0.4, -0.2) is 95.9 Å². The molecule has 0 spiro atoms. The van der Waals surface area contributed by atoms with Crippen molar-refractivity contribution in [2.24, 2.45) is 0 Å². The van der Waals surface area contributed by atoms with E-state index in [1.807, 2.05) is 25.3 Å². The second-order valence-corrected chi connectivity index (χ2v) is 28.3. The second kappa shape index (κ2) is 15.9. The van der Waals surface area contributed by atoms with E-state index < -0.39 is 32.8 Å². The minimum atomic E-state index is -2.32. The van der Waals surface area contributed by atoms with Gasteiger partial charge in [-0.05, 0) is 74.5 Å². The molecular weight excluding hydrogens is 663 g/mol. The highest BCUT2D eigenvalue weighted by atomic mass is 32.2. The molecular formula is C34H54N5O6SSi2-. The zero-order chi connectivity index (χ0) is 35.3. The number of hydrogen-bond acceptors (Lipinski definition) is 9. The van der Waals surface area contributed by atoms with Gasteiger partial charge in [0.2, 0.25) is 0 Å². The van der Waals surface area contributed by atoms with E-state index in [1.54, 1.807) is 35.4 Å². The van der Waals surface area contributed by atoms with Crippen LogP contribution in [0.4, 0.5) is 10.6 Å². The molecule has 1 aromatic carbocycles. The van der Waals surface area contributed by atoms with Crippen LogP contribution in [0.15, 0.2) is 41.4 Å². The van der Waals surface area contributed by atoms with Gasteiger partial charge in [0.05, 0.1) is 11.9 Å². The summed E-state index contributed by atoms with van der Waals surface area (Å²) >= 11 is -2.32. The third kappa shape index (κ3) is 11.2. The maximum atomic E-state index is 13.1. The molecule has 0 radical (unpaired) electrons. The molecule has 1 aliphatic rings. The lowest BCUT2D eigenvalue weighted by Crippen LogP contribution is -2.42. The highest BCUT2D eigenvalue weighted by molar-refractivity contribution is 7.79. The molecule has 2 unspecified atom stereocenters. The molecule has 0 saturated carbocycles. The monoisotopic (exact) mass is 716 g/mol. The average Bonchev–Trinajstić information content (AvgIpc) is 3.42. The quantitative estimate of drug-likeness (QED) is 0.0739. The molecule has 266 valence electrons. The molecule has 1 fully saturated rings. The zero-order valence-electron chi connectivity index (χ0n) is 30.2. The van der Waals surface area contributed by atoms with E-state index in [9.17, 15) is 13.6 Å². The van der Waals surface area contributed by atoms with Gasteiger partial charge in [-0.2, -0.15) is 9.61 Å². The van der Waals surface area contributed by atoms with Gasteiger partial charge in [-0.25, -0.2) is 9.78 Å². The predicted molar refractivity (Wildman–Crippen MR) is 196 cm³/mol. The molecule has 14 heteroatoms. The normalized spacial score (nSPS) is 16.7. The van der Waals surface area contributed by atoms with E-state index in [0.717, 1.165) is 47.6 Å². The van der Waals surface area contributed by atoms with Crippen LogP contribution in [-0.2, 0) is 25.3 Å². The van der Waals surface area contributed by atoms with Crippen molar-refractivity contribution in [1.82, 2.24) is 19.5 Å². The number of aromatic nitrogens is 3. The summed E-state index contributed by atoms with van der Waals surface area (Å²) in [5.74, 6) is 0.763. The highest BCUT2D eigenvalue weighted by Gasteiger charge is 2.30. The van der Waals surface area contributed by atoms with Gasteiger partial charge in [-0.15, -0.1) is 0 Å². The first-order valence-electron chi connectivity index (χ1n) is 16.9. The molecule has 0 N–H and O–H groups in total. The van der Waals surface area contributed by atoms with Crippen molar-refractivity contribution < 1.29 is 27.8 Å². The number of amides is 1. The van der Waals surface area contributed by atoms with Crippen LogP contribution in [0.2, 0.25) is 51.4 Å². The Kier molecular flexibility index (Phi) is 12.7. The lowest BCUT2D eigenvalue weighted by Gasteiger charge is -2.34. The van der Waals surface area contributed by atoms with Gasteiger partial charge >= 0.3 is 6.09 Å². The summed E-state index contributed by atoms with van der Waals surface area (Å²) in [6.07, 6.45) is 3.15. The Morgan fingerprint density at radius 3 is 2.17 bits per heavy atom. The summed E-state index contributed by atoms with van der Waals surface area (Å²) in [5, 5.41) is 4.79. The van der Waals surface area contributed by atoms with Gasteiger partial charge in [0.1, 0.15) is 24.9 Å². The number of rotatable bonds is 14. The molecule has 3 aromatic rings. The Morgan fingerprint density at radius 1 is 1.02 bits per heavy atom. The number of hydrogen-bond donors (Lipinski definition) is 0. The fraction of sp³-hybridized carbons (Fsp3) is 0.618. The first-order valence-corrected chi connectivity index (χ1v) is 25.4. The Labute approximate surface area is 290 Å². The van der Waals surface area contributed by atoms with Crippen LogP contribution in [0.5, 0.6) is 0 Å². The summed E-state index contributed by atoms with van der Waals surface area (Å²) in [6, 6.07) is 10.9. The minimum Gasteiger partial charge on any atom is -0.768 e. The summed E-state index contributed by atoms with van der Waals surface area (Å²) < 4.78 is 43.2. The van der Waals surface area contributed by atoms with Crippen molar-refractivity contribution >= 4 is 44.8 Å². The lowest BCUT2D eigenvalue weighted by molar-refractivity contribution is 0.0197. The smallest absolute Gasteiger partial charge is 0.410 e. The van der Waals surface area contributed by atoms with Gasteiger partial charge in [-0.3, -0.25) is 4.21 Å². The van der Waals surface area contributed by atoms with Crippen molar-refractivity contribution in [1.29, 1.82) is 0 Å². The molecule has 1 aliphatic heterocycles. The molecule has 11 nitrogen and oxygen atoms in total. The van der Waals surface area contributed by atoms with E-state index >= 15 is 0 Å². The van der Waals surface area contributed by atoms with Crippen molar-refractivity contribution in [3.63, 3.8) is 0 Å². The van der Waals surface area contributed by atoms with E-state index in [-0.39, 0.29) is 16.9 Å². The Bertz CT molecular complexity index is 1530. The standard InChI is InChI=1S/C34H55N5O6SSi2/c1-34(2,3)45-33(40)37-16-10-11-27(23-37)30-21-31(38(24-43-17-19-47(4,5)6)25-44-18-20-48(7,8)9)39-32(36-30)29(22-35-39)26-12-14-28(15-13-26)46(41)42/h12-15,21-22,27H,10-11,16-20,23-25H2,1-9H3,(H,41,42)/p-1. The van der Waals surface area contributed by atoms with Gasteiger partial charge in [-0.1, -0.05) is 51.4 Å². The number of benzene rings is 1. The van der Waals surface area contributed by atoms with Gasteiger partial charge in [0, 0.05) is 64.9 Å². The van der Waals surface area contributed by atoms with Gasteiger partial charge in [0.25, 0.3) is 0 Å². The zero-order valence-corrected chi connectivity index (χ0v) is 33.0. The van der Waals surface area contributed by atoms with Crippen LogP contribution >= 0.6 is 0 Å². The molecule has 3 heterocycles. The third-order valence-corrected chi connectivity index (χ3v) is 12.2. The molecule has 1 amide bonds. The first kappa shape index (κ1) is 38.2. The van der Waals surface area contributed by atoms with Crippen molar-refractivity contribution in [2.45, 2.75) is 101 Å². The number of carbonyl (C=O) groups is 1. The molecule has 48 heavy (non-hydrogen) atoms. The van der Waals surface area contributed by atoms with Crippen LogP contribution < -0.4 is 4.90 Å². The molecule has 0 bridgehead atoms. The maximum absolute atomic E-state index is 13.1. The minimum absolute atomic E-state index is 0.0227. The van der Waals surface area contributed by atoms with Crippen LogP contribution in [0, 0.1) is 0 Å². The number of carbonyl (C=O) groups excluding carboxylic acids is 1. The van der Waals surface area contributed by atoms with E-state index in [4.69, 9.17) is 24.3 Å². The fourth-order valence-electron chi connectivity index (χ4n) is 5.34. The Balaban J connectivity index is 1.75. The van der Waals surface area contributed by atoms with Gasteiger partial charge in [0.15, 0.2) is 5.65 Å². The highest BCUT2D eigenvalue weighted by Crippen LogP contribution is 2.33. The number of likely N-dealkylation sites (tertiary alicyclic amines) is 1. The molecule has 2 atom stereocenters. The molecule has 1 saturated heterocycles. The summed E-state index contributed by atoms with van der Waals surface area (Å²) in [5.41, 5.74) is 2.49. The lowest BCUT2D eigenvalue weighted by atomic mass is 9.94. The van der Waals surface area contributed by atoms with Crippen molar-refractivity contribution in [2.75, 3.05) is 44.7 Å². The number of fused-ring (bicyclic) bond motifs is 1. The average molecular weight is 717 g/mol. The van der Waals surface area contributed by atoms with Crippen LogP contribution in [0.25, 0.3) is 16.8 Å². The second-order valence-electron chi connectivity index (χ2n) is 16.1. The molecule has 4 rings (SSSR count). The Morgan fingerprint density at radius 2 is 1.62 bits per heavy atom. The summed E-state index contributed by atoms with van der Waals surface area (Å²) in [6.45, 7) is 22.7. The van der Waals surface area contributed by atoms with E-state index in [2.05, 4.69) is 50.2 Å². The van der Waals surface area contributed by atoms with E-state index in [1.165, 1.54) is 0 Å². The number of piperidine rings is 1. The third-order valence-electron chi connectivity index (χ3n) is 8.13. The Hall–Kier alpha value is -2.63. The topological polar surface area (TPSA) is 122 Å². The van der Waals surface area contributed by atoms with Crippen molar-refractivity contribution in [3.8, 4) is 11.1 Å². The predicted octanol–water partition coefficient (Wildman–Crippen LogP) is 7.18.